The molecular weight excluding hydrogens is 286 g/mol. The SMILES string of the molecule is Cc1ccc(-c2nnn(CN(C)[C@H](C)c3ccccc3)n2)cc1. The van der Waals surface area contributed by atoms with Crippen molar-refractivity contribution >= 4 is 0 Å². The van der Waals surface area contributed by atoms with Gasteiger partial charge in [0.15, 0.2) is 0 Å². The van der Waals surface area contributed by atoms with Crippen LogP contribution in [0.15, 0.2) is 54.6 Å². The Morgan fingerprint density at radius 3 is 2.43 bits per heavy atom. The summed E-state index contributed by atoms with van der Waals surface area (Å²) in [7, 11) is 2.06. The fourth-order valence-corrected chi connectivity index (χ4v) is 2.43. The van der Waals surface area contributed by atoms with Gasteiger partial charge in [-0.2, -0.15) is 0 Å². The summed E-state index contributed by atoms with van der Waals surface area (Å²) in [5.74, 6) is 0.658. The van der Waals surface area contributed by atoms with Crippen molar-refractivity contribution in [1.29, 1.82) is 0 Å². The van der Waals surface area contributed by atoms with E-state index in [1.54, 1.807) is 4.80 Å². The van der Waals surface area contributed by atoms with Gasteiger partial charge in [-0.1, -0.05) is 60.2 Å². The summed E-state index contributed by atoms with van der Waals surface area (Å²) in [6, 6.07) is 18.8. The molecule has 0 unspecified atom stereocenters. The Kier molecular flexibility index (Phi) is 4.48. The second-order valence-corrected chi connectivity index (χ2v) is 5.84. The third-order valence-corrected chi connectivity index (χ3v) is 4.06. The number of rotatable bonds is 5. The number of aromatic nitrogens is 4. The van der Waals surface area contributed by atoms with Crippen LogP contribution in [0.2, 0.25) is 0 Å². The van der Waals surface area contributed by atoms with Crippen molar-refractivity contribution < 1.29 is 0 Å². The molecule has 3 rings (SSSR count). The molecule has 0 saturated heterocycles. The van der Waals surface area contributed by atoms with Gasteiger partial charge in [-0.25, -0.2) is 0 Å². The second kappa shape index (κ2) is 6.71. The van der Waals surface area contributed by atoms with Crippen LogP contribution in [0.1, 0.15) is 24.1 Å². The van der Waals surface area contributed by atoms with Gasteiger partial charge in [-0.15, -0.1) is 15.0 Å². The maximum Gasteiger partial charge on any atom is 0.204 e. The van der Waals surface area contributed by atoms with Gasteiger partial charge in [-0.05, 0) is 31.7 Å². The zero-order chi connectivity index (χ0) is 16.2. The fraction of sp³-hybridized carbons (Fsp3) is 0.278. The van der Waals surface area contributed by atoms with E-state index < -0.39 is 0 Å². The number of tetrazole rings is 1. The average Bonchev–Trinajstić information content (AvgIpc) is 3.04. The van der Waals surface area contributed by atoms with Crippen LogP contribution in [-0.2, 0) is 6.67 Å². The molecule has 5 heteroatoms. The smallest absolute Gasteiger partial charge is 0.204 e. The summed E-state index contributed by atoms with van der Waals surface area (Å²) >= 11 is 0. The van der Waals surface area contributed by atoms with Gasteiger partial charge < -0.3 is 0 Å². The molecule has 2 aromatic carbocycles. The first-order valence-electron chi connectivity index (χ1n) is 7.73. The summed E-state index contributed by atoms with van der Waals surface area (Å²) in [5.41, 5.74) is 3.48. The zero-order valence-electron chi connectivity index (χ0n) is 13.7. The van der Waals surface area contributed by atoms with Crippen molar-refractivity contribution in [2.24, 2.45) is 0 Å². The fourth-order valence-electron chi connectivity index (χ4n) is 2.43. The van der Waals surface area contributed by atoms with E-state index >= 15 is 0 Å². The van der Waals surface area contributed by atoms with E-state index in [0.29, 0.717) is 12.5 Å². The van der Waals surface area contributed by atoms with Gasteiger partial charge in [0.2, 0.25) is 5.82 Å². The topological polar surface area (TPSA) is 46.8 Å². The van der Waals surface area contributed by atoms with Gasteiger partial charge in [0.25, 0.3) is 0 Å². The molecule has 0 amide bonds. The lowest BCUT2D eigenvalue weighted by molar-refractivity contribution is 0.182. The highest BCUT2D eigenvalue weighted by molar-refractivity contribution is 5.53. The standard InChI is InChI=1S/C18H21N5/c1-14-9-11-17(12-10-14)18-19-21-23(20-18)13-22(3)15(2)16-7-5-4-6-8-16/h4-12,15H,13H2,1-3H3/t15-/m1/s1. The minimum absolute atomic E-state index is 0.282. The van der Waals surface area contributed by atoms with Gasteiger partial charge in [0.05, 0.1) is 0 Å². The molecule has 0 fully saturated rings. The van der Waals surface area contributed by atoms with E-state index in [-0.39, 0.29) is 6.04 Å². The lowest BCUT2D eigenvalue weighted by atomic mass is 10.1. The van der Waals surface area contributed by atoms with Gasteiger partial charge in [-0.3, -0.25) is 4.90 Å². The Hall–Kier alpha value is -2.53. The van der Waals surface area contributed by atoms with E-state index in [0.717, 1.165) is 5.56 Å². The summed E-state index contributed by atoms with van der Waals surface area (Å²) < 4.78 is 0. The number of hydrogen-bond acceptors (Lipinski definition) is 4. The highest BCUT2D eigenvalue weighted by Gasteiger charge is 2.13. The van der Waals surface area contributed by atoms with Crippen LogP contribution < -0.4 is 0 Å². The van der Waals surface area contributed by atoms with Crippen LogP contribution in [-0.4, -0.2) is 32.2 Å². The van der Waals surface area contributed by atoms with Crippen LogP contribution in [0, 0.1) is 6.92 Å². The third-order valence-electron chi connectivity index (χ3n) is 4.06. The summed E-state index contributed by atoms with van der Waals surface area (Å²) in [6.45, 7) is 4.83. The highest BCUT2D eigenvalue weighted by Crippen LogP contribution is 2.19. The quantitative estimate of drug-likeness (QED) is 0.725. The van der Waals surface area contributed by atoms with Crippen LogP contribution in [0.3, 0.4) is 0 Å². The molecule has 5 nitrogen and oxygen atoms in total. The predicted octanol–water partition coefficient (Wildman–Crippen LogP) is 3.30. The van der Waals surface area contributed by atoms with Crippen LogP contribution in [0.4, 0.5) is 0 Å². The Morgan fingerprint density at radius 2 is 1.74 bits per heavy atom. The molecule has 0 aliphatic heterocycles. The molecule has 0 bridgehead atoms. The van der Waals surface area contributed by atoms with Gasteiger partial charge >= 0.3 is 0 Å². The zero-order valence-corrected chi connectivity index (χ0v) is 13.7. The average molecular weight is 307 g/mol. The van der Waals surface area contributed by atoms with Crippen molar-refractivity contribution in [1.82, 2.24) is 25.1 Å². The molecule has 1 atom stereocenters. The Balaban J connectivity index is 1.70. The van der Waals surface area contributed by atoms with Crippen molar-refractivity contribution in [2.45, 2.75) is 26.6 Å². The monoisotopic (exact) mass is 307 g/mol. The van der Waals surface area contributed by atoms with E-state index in [1.165, 1.54) is 11.1 Å². The molecule has 0 aliphatic rings. The second-order valence-electron chi connectivity index (χ2n) is 5.84. The van der Waals surface area contributed by atoms with Crippen molar-refractivity contribution in [3.8, 4) is 11.4 Å². The van der Waals surface area contributed by atoms with Crippen LogP contribution in [0.25, 0.3) is 11.4 Å². The lowest BCUT2D eigenvalue weighted by Gasteiger charge is -2.23. The van der Waals surface area contributed by atoms with E-state index in [4.69, 9.17) is 0 Å². The molecule has 0 spiro atoms. The molecule has 1 heterocycles. The summed E-state index contributed by atoms with van der Waals surface area (Å²) in [6.07, 6.45) is 0. The minimum Gasteiger partial charge on any atom is -0.279 e. The molecule has 3 aromatic rings. The number of benzene rings is 2. The van der Waals surface area contributed by atoms with Crippen LogP contribution >= 0.6 is 0 Å². The minimum atomic E-state index is 0.282. The molecule has 0 N–H and O–H groups in total. The van der Waals surface area contributed by atoms with E-state index in [2.05, 4.69) is 77.6 Å². The van der Waals surface area contributed by atoms with Crippen molar-refractivity contribution in [2.75, 3.05) is 7.05 Å². The Morgan fingerprint density at radius 1 is 1.04 bits per heavy atom. The first-order chi connectivity index (χ1) is 11.1. The largest absolute Gasteiger partial charge is 0.279 e. The number of hydrogen-bond donors (Lipinski definition) is 0. The van der Waals surface area contributed by atoms with Crippen molar-refractivity contribution in [3.63, 3.8) is 0 Å². The van der Waals surface area contributed by atoms with Crippen molar-refractivity contribution in [3.05, 3.63) is 65.7 Å². The first kappa shape index (κ1) is 15.4. The predicted molar refractivity (Wildman–Crippen MR) is 90.6 cm³/mol. The molecule has 0 saturated carbocycles. The first-order valence-corrected chi connectivity index (χ1v) is 7.73. The maximum atomic E-state index is 4.48. The normalized spacial score (nSPS) is 12.5. The molecule has 0 radical (unpaired) electrons. The van der Waals surface area contributed by atoms with E-state index in [1.807, 2.05) is 18.2 Å². The lowest BCUT2D eigenvalue weighted by Crippen LogP contribution is -2.26. The van der Waals surface area contributed by atoms with Gasteiger partial charge in [0, 0.05) is 11.6 Å². The number of aryl methyl sites for hydroxylation is 1. The van der Waals surface area contributed by atoms with Crippen LogP contribution in [0.5, 0.6) is 0 Å². The maximum absolute atomic E-state index is 4.48. The molecule has 23 heavy (non-hydrogen) atoms. The number of nitrogens with zero attached hydrogens (tertiary/aromatic N) is 5. The summed E-state index contributed by atoms with van der Waals surface area (Å²) in [4.78, 5) is 3.82. The highest BCUT2D eigenvalue weighted by atomic mass is 15.6. The summed E-state index contributed by atoms with van der Waals surface area (Å²) in [5, 5.41) is 12.8. The molecule has 0 aliphatic carbocycles. The van der Waals surface area contributed by atoms with E-state index in [9.17, 15) is 0 Å². The molecule has 118 valence electrons. The Bertz CT molecular complexity index is 749. The third kappa shape index (κ3) is 3.63. The Labute approximate surface area is 136 Å². The molecular formula is C18H21N5. The van der Waals surface area contributed by atoms with Gasteiger partial charge in [0.1, 0.15) is 6.67 Å². The molecule has 1 aromatic heterocycles.